The molecule has 0 aliphatic carbocycles. The number of aromatic nitrogens is 1. The zero-order valence-electron chi connectivity index (χ0n) is 10.9. The monoisotopic (exact) mass is 300 g/mol. The van der Waals surface area contributed by atoms with Gasteiger partial charge < -0.3 is 5.11 Å². The highest BCUT2D eigenvalue weighted by atomic mass is 32.2. The van der Waals surface area contributed by atoms with Crippen LogP contribution in [0.3, 0.4) is 0 Å². The maximum atomic E-state index is 12.2. The van der Waals surface area contributed by atoms with Crippen LogP contribution in [0.2, 0.25) is 0 Å². The van der Waals surface area contributed by atoms with Gasteiger partial charge in [0.25, 0.3) is 10.0 Å². The minimum atomic E-state index is -3.68. The molecule has 0 amide bonds. The third-order valence-electron chi connectivity index (χ3n) is 3.00. The minimum absolute atomic E-state index is 0.0192. The van der Waals surface area contributed by atoms with Gasteiger partial charge in [-0.1, -0.05) is 6.07 Å². The van der Waals surface area contributed by atoms with Crippen LogP contribution in [-0.4, -0.2) is 18.5 Å². The van der Waals surface area contributed by atoms with Gasteiger partial charge in [0.05, 0.1) is 10.4 Å². The predicted octanol–water partition coefficient (Wildman–Crippen LogP) is 2.74. The molecule has 2 aromatic carbocycles. The van der Waals surface area contributed by atoms with Gasteiger partial charge in [0, 0.05) is 17.3 Å². The first-order valence-electron chi connectivity index (χ1n) is 6.21. The molecule has 0 saturated heterocycles. The Labute approximate surface area is 121 Å². The van der Waals surface area contributed by atoms with Gasteiger partial charge in [0.1, 0.15) is 5.75 Å². The van der Waals surface area contributed by atoms with E-state index >= 15 is 0 Å². The molecule has 6 heteroatoms. The minimum Gasteiger partial charge on any atom is -0.508 e. The largest absolute Gasteiger partial charge is 0.508 e. The second-order valence-corrected chi connectivity index (χ2v) is 6.19. The number of nitrogens with zero attached hydrogens (tertiary/aromatic N) is 1. The van der Waals surface area contributed by atoms with Gasteiger partial charge in [-0.15, -0.1) is 0 Å². The number of phenolic OH excluding ortho intramolecular Hbond substituents is 1. The first kappa shape index (κ1) is 13.4. The Morgan fingerprint density at radius 3 is 2.52 bits per heavy atom. The number of benzene rings is 2. The van der Waals surface area contributed by atoms with E-state index < -0.39 is 10.0 Å². The Hall–Kier alpha value is -2.60. The lowest BCUT2D eigenvalue weighted by Crippen LogP contribution is -2.12. The van der Waals surface area contributed by atoms with Crippen molar-refractivity contribution in [1.82, 2.24) is 4.98 Å². The van der Waals surface area contributed by atoms with Crippen LogP contribution in [0.5, 0.6) is 5.75 Å². The third-order valence-corrected chi connectivity index (χ3v) is 4.40. The third kappa shape index (κ3) is 2.80. The molecule has 1 aromatic heterocycles. The Bertz CT molecular complexity index is 890. The van der Waals surface area contributed by atoms with Crippen molar-refractivity contribution < 1.29 is 13.5 Å². The fraction of sp³-hybridized carbons (Fsp3) is 0. The van der Waals surface area contributed by atoms with Gasteiger partial charge in [-0.05, 0) is 48.5 Å². The molecule has 2 N–H and O–H groups in total. The van der Waals surface area contributed by atoms with Crippen molar-refractivity contribution in [2.24, 2.45) is 0 Å². The van der Waals surface area contributed by atoms with Crippen LogP contribution in [-0.2, 0) is 10.0 Å². The first-order valence-corrected chi connectivity index (χ1v) is 7.69. The summed E-state index contributed by atoms with van der Waals surface area (Å²) in [4.78, 5) is 4.27. The lowest BCUT2D eigenvalue weighted by molar-refractivity contribution is 0.475. The van der Waals surface area contributed by atoms with E-state index in [1.807, 2.05) is 6.07 Å². The Balaban J connectivity index is 1.95. The maximum Gasteiger partial charge on any atom is 0.261 e. The Kier molecular flexibility index (Phi) is 3.23. The summed E-state index contributed by atoms with van der Waals surface area (Å²) in [5.41, 5.74) is 1.26. The lowest BCUT2D eigenvalue weighted by atomic mass is 10.2. The van der Waals surface area contributed by atoms with Gasteiger partial charge in [-0.25, -0.2) is 8.42 Å². The van der Waals surface area contributed by atoms with Crippen molar-refractivity contribution in [3.8, 4) is 5.75 Å². The average Bonchev–Trinajstić information content (AvgIpc) is 2.47. The summed E-state index contributed by atoms with van der Waals surface area (Å²) >= 11 is 0. The maximum absolute atomic E-state index is 12.2. The highest BCUT2D eigenvalue weighted by Gasteiger charge is 2.14. The van der Waals surface area contributed by atoms with Crippen molar-refractivity contribution >= 4 is 26.6 Å². The number of hydrogen-bond acceptors (Lipinski definition) is 4. The van der Waals surface area contributed by atoms with Crippen molar-refractivity contribution in [1.29, 1.82) is 0 Å². The van der Waals surface area contributed by atoms with Crippen LogP contribution >= 0.6 is 0 Å². The smallest absolute Gasteiger partial charge is 0.261 e. The fourth-order valence-electron chi connectivity index (χ4n) is 1.98. The van der Waals surface area contributed by atoms with Gasteiger partial charge >= 0.3 is 0 Å². The van der Waals surface area contributed by atoms with Crippen LogP contribution < -0.4 is 4.72 Å². The molecule has 0 saturated carbocycles. The fourth-order valence-corrected chi connectivity index (χ4v) is 3.03. The molecule has 0 unspecified atom stereocenters. The number of nitrogens with one attached hydrogen (secondary N) is 1. The molecule has 106 valence electrons. The van der Waals surface area contributed by atoms with Crippen molar-refractivity contribution in [3.05, 3.63) is 60.8 Å². The van der Waals surface area contributed by atoms with Crippen LogP contribution in [0.25, 0.3) is 10.9 Å². The molecular formula is C15H12N2O3S. The molecule has 0 atom stereocenters. The topological polar surface area (TPSA) is 79.3 Å². The van der Waals surface area contributed by atoms with E-state index in [1.54, 1.807) is 30.5 Å². The molecule has 21 heavy (non-hydrogen) atoms. The molecule has 0 aliphatic rings. The molecule has 0 bridgehead atoms. The number of pyridine rings is 1. The summed E-state index contributed by atoms with van der Waals surface area (Å²) in [7, 11) is -3.68. The van der Waals surface area contributed by atoms with E-state index in [2.05, 4.69) is 9.71 Å². The summed E-state index contributed by atoms with van der Waals surface area (Å²) in [5.74, 6) is 0.0192. The number of sulfonamides is 1. The molecule has 3 rings (SSSR count). The quantitative estimate of drug-likeness (QED) is 0.779. The highest BCUT2D eigenvalue weighted by Crippen LogP contribution is 2.21. The van der Waals surface area contributed by atoms with Crippen molar-refractivity contribution in [2.45, 2.75) is 4.90 Å². The van der Waals surface area contributed by atoms with Crippen molar-refractivity contribution in [2.75, 3.05) is 4.72 Å². The zero-order valence-corrected chi connectivity index (χ0v) is 11.7. The van der Waals surface area contributed by atoms with Gasteiger partial charge in [-0.2, -0.15) is 0 Å². The number of phenols is 1. The second-order valence-electron chi connectivity index (χ2n) is 4.51. The number of hydrogen-bond donors (Lipinski definition) is 2. The normalized spacial score (nSPS) is 11.4. The van der Waals surface area contributed by atoms with E-state index in [4.69, 9.17) is 0 Å². The molecule has 0 spiro atoms. The number of aromatic hydroxyl groups is 1. The standard InChI is InChI=1S/C15H12N2O3S/c18-13-4-6-14(7-5-13)21(19,20)17-12-3-8-15-11(10-12)2-1-9-16-15/h1-10,17-18H. The number of rotatable bonds is 3. The summed E-state index contributed by atoms with van der Waals surface area (Å²) in [6.45, 7) is 0. The van der Waals surface area contributed by atoms with Gasteiger partial charge in [0.15, 0.2) is 0 Å². The number of fused-ring (bicyclic) bond motifs is 1. The predicted molar refractivity (Wildman–Crippen MR) is 80.7 cm³/mol. The summed E-state index contributed by atoms with van der Waals surface area (Å²) in [5, 5.41) is 10.1. The summed E-state index contributed by atoms with van der Waals surface area (Å²) in [6, 6.07) is 14.1. The van der Waals surface area contributed by atoms with E-state index in [-0.39, 0.29) is 10.6 Å². The molecule has 0 radical (unpaired) electrons. The van der Waals surface area contributed by atoms with Crippen molar-refractivity contribution in [3.63, 3.8) is 0 Å². The van der Waals surface area contributed by atoms with E-state index in [0.29, 0.717) is 5.69 Å². The molecule has 1 heterocycles. The molecular weight excluding hydrogens is 288 g/mol. The van der Waals surface area contributed by atoms with Crippen LogP contribution in [0, 0.1) is 0 Å². The number of anilines is 1. The molecule has 3 aromatic rings. The average molecular weight is 300 g/mol. The first-order chi connectivity index (χ1) is 10.0. The van der Waals surface area contributed by atoms with Gasteiger partial charge in [0.2, 0.25) is 0 Å². The van der Waals surface area contributed by atoms with E-state index in [0.717, 1.165) is 10.9 Å². The highest BCUT2D eigenvalue weighted by molar-refractivity contribution is 7.92. The lowest BCUT2D eigenvalue weighted by Gasteiger charge is -2.09. The molecule has 0 fully saturated rings. The summed E-state index contributed by atoms with van der Waals surface area (Å²) < 4.78 is 27.0. The van der Waals surface area contributed by atoms with Crippen LogP contribution in [0.4, 0.5) is 5.69 Å². The Morgan fingerprint density at radius 1 is 1.00 bits per heavy atom. The van der Waals surface area contributed by atoms with Crippen LogP contribution in [0.1, 0.15) is 0 Å². The summed E-state index contributed by atoms with van der Waals surface area (Å²) in [6.07, 6.45) is 1.68. The van der Waals surface area contributed by atoms with E-state index in [1.165, 1.54) is 24.3 Å². The van der Waals surface area contributed by atoms with Crippen LogP contribution in [0.15, 0.2) is 65.7 Å². The van der Waals surface area contributed by atoms with E-state index in [9.17, 15) is 13.5 Å². The molecule has 5 nitrogen and oxygen atoms in total. The molecule has 0 aliphatic heterocycles. The second kappa shape index (κ2) is 5.06. The SMILES string of the molecule is O=S(=O)(Nc1ccc2ncccc2c1)c1ccc(O)cc1. The Morgan fingerprint density at radius 2 is 1.76 bits per heavy atom. The van der Waals surface area contributed by atoms with Gasteiger partial charge in [-0.3, -0.25) is 9.71 Å². The zero-order chi connectivity index (χ0) is 14.9.